The van der Waals surface area contributed by atoms with Crippen LogP contribution in [0.2, 0.25) is 0 Å². The van der Waals surface area contributed by atoms with Gasteiger partial charge in [0.15, 0.2) is 0 Å². The Balaban J connectivity index is 1.68. The lowest BCUT2D eigenvalue weighted by molar-refractivity contribution is 0.121. The number of fused-ring (bicyclic) bond motifs is 2. The molecule has 2 aromatic rings. The van der Waals surface area contributed by atoms with Gasteiger partial charge in [-0.1, -0.05) is 35.5 Å². The minimum Gasteiger partial charge on any atom is -0.497 e. The topological polar surface area (TPSA) is 43.3 Å². The molecule has 4 rings (SSSR count). The fraction of sp³-hybridized carbons (Fsp3) is 0.381. The molecule has 1 heterocycles. The molecule has 136 valence electrons. The molecule has 2 aromatic carbocycles. The molecule has 0 aromatic heterocycles. The van der Waals surface area contributed by atoms with Crippen molar-refractivity contribution < 1.29 is 14.3 Å². The van der Waals surface area contributed by atoms with Crippen LogP contribution in [-0.2, 0) is 10.4 Å². The molecule has 1 fully saturated rings. The monoisotopic (exact) mass is 352 g/mol. The zero-order valence-corrected chi connectivity index (χ0v) is 15.4. The zero-order chi connectivity index (χ0) is 18.1. The first kappa shape index (κ1) is 16.9. The van der Waals surface area contributed by atoms with E-state index in [0.717, 1.165) is 35.7 Å². The number of hydrogen-bond donors (Lipinski definition) is 0. The Hall–Kier alpha value is -2.53. The van der Waals surface area contributed by atoms with Crippen LogP contribution < -0.4 is 9.47 Å². The number of benzene rings is 2. The maximum absolute atomic E-state index is 6.47. The zero-order valence-electron chi connectivity index (χ0n) is 15.4. The number of methoxy groups -OCH3 is 1. The van der Waals surface area contributed by atoms with E-state index >= 15 is 0 Å². The Morgan fingerprint density at radius 1 is 1.19 bits per heavy atom. The number of nitrogens with zero attached hydrogens (tertiary/aromatic N) is 2. The van der Waals surface area contributed by atoms with E-state index in [1.54, 1.807) is 7.11 Å². The first-order valence-corrected chi connectivity index (χ1v) is 8.91. The molecule has 2 atom stereocenters. The fourth-order valence-electron chi connectivity index (χ4n) is 3.53. The van der Waals surface area contributed by atoms with Crippen molar-refractivity contribution in [2.24, 2.45) is 11.1 Å². The van der Waals surface area contributed by atoms with Crippen molar-refractivity contribution in [1.29, 1.82) is 0 Å². The maximum atomic E-state index is 6.47. The summed E-state index contributed by atoms with van der Waals surface area (Å²) in [6.07, 6.45) is 0.907. The van der Waals surface area contributed by atoms with E-state index in [-0.39, 0.29) is 11.5 Å². The van der Waals surface area contributed by atoms with Gasteiger partial charge in [-0.3, -0.25) is 0 Å². The number of ether oxygens (including phenoxy) is 2. The third-order valence-electron chi connectivity index (χ3n) is 5.05. The van der Waals surface area contributed by atoms with Gasteiger partial charge in [0, 0.05) is 24.6 Å². The highest BCUT2D eigenvalue weighted by Crippen LogP contribution is 2.60. The number of hydrogen-bond acceptors (Lipinski definition) is 5. The van der Waals surface area contributed by atoms with Gasteiger partial charge in [-0.15, -0.1) is 0 Å². The van der Waals surface area contributed by atoms with E-state index in [4.69, 9.17) is 14.3 Å². The van der Waals surface area contributed by atoms with Crippen LogP contribution in [-0.4, -0.2) is 45.0 Å². The summed E-state index contributed by atoms with van der Waals surface area (Å²) in [6, 6.07) is 16.2. The average molecular weight is 352 g/mol. The molecule has 2 unspecified atom stereocenters. The second-order valence-electron chi connectivity index (χ2n) is 7.09. The molecule has 0 radical (unpaired) electrons. The molecule has 0 amide bonds. The third kappa shape index (κ3) is 2.92. The van der Waals surface area contributed by atoms with Crippen molar-refractivity contribution in [3.63, 3.8) is 0 Å². The van der Waals surface area contributed by atoms with Gasteiger partial charge in [-0.2, -0.15) is 0 Å². The van der Waals surface area contributed by atoms with Gasteiger partial charge in [0.25, 0.3) is 0 Å². The van der Waals surface area contributed by atoms with Gasteiger partial charge >= 0.3 is 0 Å². The SMILES string of the molecule is COc1ccc2c(c1)OC1(c3ccccc3)CC1C2=NOCCN(C)C. The number of likely N-dealkylation sites (N-methyl/N-ethyl adjacent to an activating group) is 1. The van der Waals surface area contributed by atoms with Gasteiger partial charge in [0.2, 0.25) is 0 Å². The summed E-state index contributed by atoms with van der Waals surface area (Å²) in [5.74, 6) is 1.79. The van der Waals surface area contributed by atoms with Gasteiger partial charge in [-0.25, -0.2) is 0 Å². The van der Waals surface area contributed by atoms with Crippen LogP contribution in [0.25, 0.3) is 0 Å². The Labute approximate surface area is 154 Å². The molecule has 5 heteroatoms. The van der Waals surface area contributed by atoms with Gasteiger partial charge in [0.1, 0.15) is 23.7 Å². The van der Waals surface area contributed by atoms with Crippen LogP contribution in [0.5, 0.6) is 11.5 Å². The number of oxime groups is 1. The van der Waals surface area contributed by atoms with Crippen molar-refractivity contribution in [2.45, 2.75) is 12.0 Å². The largest absolute Gasteiger partial charge is 0.497 e. The molecule has 5 nitrogen and oxygen atoms in total. The molecule has 0 bridgehead atoms. The second kappa shape index (κ2) is 6.65. The highest BCUT2D eigenvalue weighted by atomic mass is 16.6. The van der Waals surface area contributed by atoms with E-state index in [0.29, 0.717) is 6.61 Å². The molecule has 1 aliphatic heterocycles. The normalized spacial score (nSPS) is 24.6. The molecule has 2 aliphatic rings. The Bertz CT molecular complexity index is 819. The van der Waals surface area contributed by atoms with E-state index in [9.17, 15) is 0 Å². The Morgan fingerprint density at radius 3 is 2.73 bits per heavy atom. The van der Waals surface area contributed by atoms with Gasteiger partial charge in [-0.05, 0) is 31.8 Å². The lowest BCUT2D eigenvalue weighted by Crippen LogP contribution is -2.28. The molecular weight excluding hydrogens is 328 g/mol. The van der Waals surface area contributed by atoms with Crippen molar-refractivity contribution in [3.8, 4) is 11.5 Å². The maximum Gasteiger partial charge on any atom is 0.143 e. The van der Waals surface area contributed by atoms with Crippen LogP contribution in [0.15, 0.2) is 53.7 Å². The van der Waals surface area contributed by atoms with Crippen LogP contribution in [0.3, 0.4) is 0 Å². The molecule has 1 saturated carbocycles. The molecule has 0 N–H and O–H groups in total. The highest BCUT2D eigenvalue weighted by Gasteiger charge is 2.64. The Morgan fingerprint density at radius 2 is 2.00 bits per heavy atom. The van der Waals surface area contributed by atoms with Crippen molar-refractivity contribution >= 4 is 5.71 Å². The smallest absolute Gasteiger partial charge is 0.143 e. The molecule has 1 aliphatic carbocycles. The van der Waals surface area contributed by atoms with Gasteiger partial charge < -0.3 is 19.2 Å². The van der Waals surface area contributed by atoms with Crippen molar-refractivity contribution in [3.05, 3.63) is 59.7 Å². The standard InChI is InChI=1S/C21H24N2O3/c1-23(2)11-12-25-22-20-17-10-9-16(24-3)13-19(17)26-21(14-18(20)21)15-7-5-4-6-8-15/h4-10,13,18H,11-12,14H2,1-3H3. The van der Waals surface area contributed by atoms with E-state index in [1.807, 2.05) is 50.5 Å². The van der Waals surface area contributed by atoms with Crippen LogP contribution in [0.4, 0.5) is 0 Å². The van der Waals surface area contributed by atoms with Crippen LogP contribution in [0, 0.1) is 5.92 Å². The first-order valence-electron chi connectivity index (χ1n) is 8.91. The van der Waals surface area contributed by atoms with E-state index < -0.39 is 0 Å². The van der Waals surface area contributed by atoms with Crippen molar-refractivity contribution in [2.75, 3.05) is 34.4 Å². The van der Waals surface area contributed by atoms with Crippen molar-refractivity contribution in [1.82, 2.24) is 4.90 Å². The summed E-state index contributed by atoms with van der Waals surface area (Å²) < 4.78 is 11.8. The van der Waals surface area contributed by atoms with Gasteiger partial charge in [0.05, 0.1) is 18.7 Å². The molecule has 0 saturated heterocycles. The third-order valence-corrected chi connectivity index (χ3v) is 5.05. The lowest BCUT2D eigenvalue weighted by Gasteiger charge is -2.27. The van der Waals surface area contributed by atoms with E-state index in [1.165, 1.54) is 5.56 Å². The highest BCUT2D eigenvalue weighted by molar-refractivity contribution is 6.08. The number of rotatable bonds is 6. The first-order chi connectivity index (χ1) is 12.6. The summed E-state index contributed by atoms with van der Waals surface area (Å²) in [5.41, 5.74) is 2.80. The summed E-state index contributed by atoms with van der Waals surface area (Å²) in [6.45, 7) is 1.39. The fourth-order valence-corrected chi connectivity index (χ4v) is 3.53. The predicted octanol–water partition coefficient (Wildman–Crippen LogP) is 3.29. The van der Waals surface area contributed by atoms with E-state index in [2.05, 4.69) is 22.2 Å². The summed E-state index contributed by atoms with van der Waals surface area (Å²) in [4.78, 5) is 7.71. The minimum atomic E-state index is -0.343. The quantitative estimate of drug-likeness (QED) is 0.591. The molecular formula is C21H24N2O3. The second-order valence-corrected chi connectivity index (χ2v) is 7.09. The van der Waals surface area contributed by atoms with Crippen LogP contribution >= 0.6 is 0 Å². The van der Waals surface area contributed by atoms with Crippen LogP contribution in [0.1, 0.15) is 17.5 Å². The predicted molar refractivity (Wildman–Crippen MR) is 101 cm³/mol. The molecule has 0 spiro atoms. The summed E-state index contributed by atoms with van der Waals surface area (Å²) >= 11 is 0. The summed E-state index contributed by atoms with van der Waals surface area (Å²) in [5, 5.41) is 4.51. The molecule has 26 heavy (non-hydrogen) atoms. The lowest BCUT2D eigenvalue weighted by atomic mass is 9.95. The average Bonchev–Trinajstić information content (AvgIpc) is 3.39. The minimum absolute atomic E-state index is 0.213. The summed E-state index contributed by atoms with van der Waals surface area (Å²) in [7, 11) is 5.71. The Kier molecular flexibility index (Phi) is 4.32.